The largest absolute Gasteiger partial charge is 0.493 e. The maximum absolute atomic E-state index is 8.27. The maximum Gasteiger partial charge on any atom is 0.125 e. The van der Waals surface area contributed by atoms with Crippen LogP contribution in [-0.2, 0) is 17.6 Å². The van der Waals surface area contributed by atoms with Crippen LogP contribution in [0.5, 0.6) is 11.5 Å². The lowest BCUT2D eigenvalue weighted by Gasteiger charge is -2.17. The zero-order chi connectivity index (χ0) is 19.9. The van der Waals surface area contributed by atoms with E-state index in [2.05, 4.69) is 19.0 Å². The number of oxime groups is 1. The molecule has 0 spiro atoms. The Bertz CT molecular complexity index is 577. The Kier molecular flexibility index (Phi) is 12.8. The van der Waals surface area contributed by atoms with Crippen LogP contribution < -0.4 is 9.47 Å². The predicted molar refractivity (Wildman–Crippen MR) is 111 cm³/mol. The molecule has 0 radical (unpaired) electrons. The molecule has 0 aliphatic heterocycles. The minimum absolute atomic E-state index is 0.202. The molecule has 7 heteroatoms. The van der Waals surface area contributed by atoms with Crippen LogP contribution in [0.25, 0.3) is 0 Å². The summed E-state index contributed by atoms with van der Waals surface area (Å²) in [5, 5.41) is 11.2. The molecule has 0 saturated carbocycles. The number of halogens is 2. The molecule has 0 fully saturated rings. The van der Waals surface area contributed by atoms with Crippen LogP contribution in [0.15, 0.2) is 27.9 Å². The van der Waals surface area contributed by atoms with Crippen molar-refractivity contribution in [2.75, 3.05) is 26.4 Å². The summed E-state index contributed by atoms with van der Waals surface area (Å²) in [5.41, 5.74) is 2.27. The van der Waals surface area contributed by atoms with E-state index in [0.717, 1.165) is 54.7 Å². The van der Waals surface area contributed by atoms with Gasteiger partial charge in [-0.3, -0.25) is 0 Å². The molecule has 1 rings (SSSR count). The number of aryl methyl sites for hydroxylation is 2. The Morgan fingerprint density at radius 2 is 1.67 bits per heavy atom. The van der Waals surface area contributed by atoms with Crippen molar-refractivity contribution in [1.82, 2.24) is 0 Å². The monoisotopic (exact) mass is 417 g/mol. The van der Waals surface area contributed by atoms with Gasteiger partial charge in [-0.25, -0.2) is 0 Å². The number of unbranched alkanes of at least 4 members (excludes halogenated alkanes) is 2. The average molecular weight is 418 g/mol. The topological polar surface area (TPSA) is 60.3 Å². The second-order valence-electron chi connectivity index (χ2n) is 5.86. The quantitative estimate of drug-likeness (QED) is 0.187. The average Bonchev–Trinajstić information content (AvgIpc) is 2.66. The minimum Gasteiger partial charge on any atom is -0.493 e. The van der Waals surface area contributed by atoms with E-state index in [1.165, 1.54) is 6.21 Å². The first kappa shape index (κ1) is 23.6. The molecular formula is C20H29Cl2NO4. The van der Waals surface area contributed by atoms with Gasteiger partial charge in [0.15, 0.2) is 0 Å². The third-order valence-electron chi connectivity index (χ3n) is 3.92. The van der Waals surface area contributed by atoms with Crippen molar-refractivity contribution in [3.05, 3.63) is 33.8 Å². The molecular weight excluding hydrogens is 389 g/mol. The van der Waals surface area contributed by atoms with E-state index in [1.54, 1.807) is 6.08 Å². The van der Waals surface area contributed by atoms with Gasteiger partial charge in [-0.2, -0.15) is 0 Å². The molecule has 1 N–H and O–H groups in total. The molecule has 1 aromatic rings. The summed E-state index contributed by atoms with van der Waals surface area (Å²) < 4.78 is 17.3. The van der Waals surface area contributed by atoms with Crippen LogP contribution in [0, 0.1) is 0 Å². The molecule has 0 bridgehead atoms. The number of benzene rings is 1. The second kappa shape index (κ2) is 14.6. The summed E-state index contributed by atoms with van der Waals surface area (Å²) in [6, 6.07) is 4.03. The van der Waals surface area contributed by atoms with Crippen molar-refractivity contribution in [2.24, 2.45) is 5.16 Å². The fourth-order valence-corrected chi connectivity index (χ4v) is 2.67. The molecule has 5 nitrogen and oxygen atoms in total. The molecule has 0 unspecified atom stereocenters. The van der Waals surface area contributed by atoms with Crippen LogP contribution in [-0.4, -0.2) is 37.8 Å². The molecule has 0 aliphatic rings. The van der Waals surface area contributed by atoms with Gasteiger partial charge < -0.3 is 19.4 Å². The number of hydrogen-bond donors (Lipinski definition) is 1. The summed E-state index contributed by atoms with van der Waals surface area (Å²) in [7, 11) is 0. The van der Waals surface area contributed by atoms with Crippen molar-refractivity contribution < 1.29 is 19.4 Å². The normalized spacial score (nSPS) is 11.0. The lowest BCUT2D eigenvalue weighted by molar-refractivity contribution is 0.164. The van der Waals surface area contributed by atoms with Crippen LogP contribution >= 0.6 is 23.2 Å². The summed E-state index contributed by atoms with van der Waals surface area (Å²) in [5.74, 6) is 1.76. The second-order valence-corrected chi connectivity index (χ2v) is 6.87. The zero-order valence-corrected chi connectivity index (χ0v) is 17.6. The molecule has 0 atom stereocenters. The molecule has 0 heterocycles. The van der Waals surface area contributed by atoms with E-state index >= 15 is 0 Å². The first-order chi connectivity index (χ1) is 13.1. The third kappa shape index (κ3) is 9.89. The van der Waals surface area contributed by atoms with Crippen LogP contribution in [0.3, 0.4) is 0 Å². The summed E-state index contributed by atoms with van der Waals surface area (Å²) in [4.78, 5) is 0. The minimum atomic E-state index is 0.202. The Morgan fingerprint density at radius 3 is 2.26 bits per heavy atom. The van der Waals surface area contributed by atoms with Crippen molar-refractivity contribution >= 4 is 29.4 Å². The van der Waals surface area contributed by atoms with E-state index in [-0.39, 0.29) is 4.49 Å². The van der Waals surface area contributed by atoms with Gasteiger partial charge in [-0.15, -0.1) is 0 Å². The fraction of sp³-hybridized carbons (Fsp3) is 0.550. The molecule has 152 valence electrons. The lowest BCUT2D eigenvalue weighted by atomic mass is 10.0. The zero-order valence-electron chi connectivity index (χ0n) is 16.0. The lowest BCUT2D eigenvalue weighted by Crippen LogP contribution is -2.05. The molecule has 27 heavy (non-hydrogen) atoms. The smallest absolute Gasteiger partial charge is 0.125 e. The van der Waals surface area contributed by atoms with Crippen molar-refractivity contribution in [1.29, 1.82) is 0 Å². The number of nitrogens with zero attached hydrogens (tertiary/aromatic N) is 1. The molecule has 0 aliphatic carbocycles. The van der Waals surface area contributed by atoms with E-state index in [9.17, 15) is 0 Å². The van der Waals surface area contributed by atoms with Gasteiger partial charge >= 0.3 is 0 Å². The van der Waals surface area contributed by atoms with Gasteiger partial charge in [-0.05, 0) is 61.4 Å². The molecule has 0 saturated heterocycles. The van der Waals surface area contributed by atoms with E-state index in [4.69, 9.17) is 42.6 Å². The number of hydrogen-bond acceptors (Lipinski definition) is 5. The summed E-state index contributed by atoms with van der Waals surface area (Å²) in [6.45, 7) is 6.21. The summed E-state index contributed by atoms with van der Waals surface area (Å²) in [6.07, 6.45) is 7.61. The van der Waals surface area contributed by atoms with Gasteiger partial charge in [0.05, 0.1) is 19.4 Å². The van der Waals surface area contributed by atoms with Crippen molar-refractivity contribution in [2.45, 2.75) is 46.0 Å². The highest BCUT2D eigenvalue weighted by molar-refractivity contribution is 6.55. The highest BCUT2D eigenvalue weighted by Gasteiger charge is 2.11. The Hall–Kier alpha value is -1.43. The van der Waals surface area contributed by atoms with Gasteiger partial charge in [0.2, 0.25) is 0 Å². The highest BCUT2D eigenvalue weighted by atomic mass is 35.5. The first-order valence-corrected chi connectivity index (χ1v) is 10.0. The van der Waals surface area contributed by atoms with E-state index in [1.807, 2.05) is 12.1 Å². The van der Waals surface area contributed by atoms with Crippen molar-refractivity contribution in [3.8, 4) is 11.5 Å². The van der Waals surface area contributed by atoms with Gasteiger partial charge in [0, 0.05) is 6.61 Å². The maximum atomic E-state index is 8.27. The Morgan fingerprint density at radius 1 is 1.00 bits per heavy atom. The van der Waals surface area contributed by atoms with Crippen LogP contribution in [0.1, 0.15) is 44.2 Å². The molecule has 0 aromatic heterocycles. The Labute approximate surface area is 171 Å². The van der Waals surface area contributed by atoms with Gasteiger partial charge in [0.1, 0.15) is 22.6 Å². The van der Waals surface area contributed by atoms with Crippen LogP contribution in [0.4, 0.5) is 0 Å². The first-order valence-electron chi connectivity index (χ1n) is 9.28. The third-order valence-corrected chi connectivity index (χ3v) is 4.23. The SMILES string of the molecule is CCc1cc(OCC=C(Cl)Cl)cc(CC)c1OCCCCCOC/C=N/O. The van der Waals surface area contributed by atoms with E-state index < -0.39 is 0 Å². The number of ether oxygens (including phenoxy) is 3. The number of rotatable bonds is 14. The summed E-state index contributed by atoms with van der Waals surface area (Å²) >= 11 is 11.2. The highest BCUT2D eigenvalue weighted by Crippen LogP contribution is 2.31. The predicted octanol–water partition coefficient (Wildman–Crippen LogP) is 5.53. The Balaban J connectivity index is 2.52. The van der Waals surface area contributed by atoms with Crippen molar-refractivity contribution in [3.63, 3.8) is 0 Å². The van der Waals surface area contributed by atoms with E-state index in [0.29, 0.717) is 26.4 Å². The molecule has 0 amide bonds. The van der Waals surface area contributed by atoms with Gasteiger partial charge in [0.25, 0.3) is 0 Å². The van der Waals surface area contributed by atoms with Gasteiger partial charge in [-0.1, -0.05) is 42.2 Å². The standard InChI is InChI=1S/C20H29Cl2NO4/c1-3-16-14-18(26-12-8-19(21)22)15-17(4-2)20(16)27-11-7-5-6-10-25-13-9-23-24/h8-9,14-15,24H,3-7,10-13H2,1-2H3/b23-9+. The molecule has 1 aromatic carbocycles. The fourth-order valence-electron chi connectivity index (χ4n) is 2.54. The van der Waals surface area contributed by atoms with Crippen LogP contribution in [0.2, 0.25) is 0 Å².